The standard InChI is InChI=1S/C48H56N2O6Si/c1-48(2,3)57(37-20-9-5-10-21-37,38-22-11-6-12-23-38)56-32-35-30-39-45(47(55)50(46(39)54)36-18-7-4-8-19-36)40(31-51)44(35)43(53)27-26-33(41-24-15-16-28-49-41)29-34-17-13-14-25-42(34)52/h5-6,9-17,20-25,28-29,36,39-40,43,45,51-53H,4,7-8,18-19,26-27,30-32H2,1-3H3/b33-29-/t39-,40+,43-,45-/m1/s1. The van der Waals surface area contributed by atoms with Gasteiger partial charge in [0.15, 0.2) is 0 Å². The molecular formula is C48H56N2O6Si. The Kier molecular flexibility index (Phi) is 12.4. The number of likely N-dealkylation sites (tertiary alicyclic amines) is 1. The van der Waals surface area contributed by atoms with Crippen LogP contribution in [0.15, 0.2) is 120 Å². The van der Waals surface area contributed by atoms with Crippen LogP contribution in [-0.4, -0.2) is 70.7 Å². The highest BCUT2D eigenvalue weighted by Crippen LogP contribution is 2.48. The van der Waals surface area contributed by atoms with E-state index in [9.17, 15) is 24.9 Å². The van der Waals surface area contributed by atoms with Crippen molar-refractivity contribution in [3.63, 3.8) is 0 Å². The highest BCUT2D eigenvalue weighted by molar-refractivity contribution is 6.99. The third-order valence-corrected chi connectivity index (χ3v) is 17.5. The molecule has 3 N–H and O–H groups in total. The molecule has 298 valence electrons. The lowest BCUT2D eigenvalue weighted by atomic mass is 9.68. The van der Waals surface area contributed by atoms with E-state index in [-0.39, 0.29) is 54.7 Å². The number of para-hydroxylation sites is 1. The minimum Gasteiger partial charge on any atom is -0.507 e. The molecule has 2 fully saturated rings. The number of hydrogen-bond donors (Lipinski definition) is 3. The summed E-state index contributed by atoms with van der Waals surface area (Å²) in [5.74, 6) is -2.37. The van der Waals surface area contributed by atoms with Gasteiger partial charge in [-0.15, -0.1) is 0 Å². The van der Waals surface area contributed by atoms with Gasteiger partial charge in [-0.1, -0.05) is 125 Å². The summed E-state index contributed by atoms with van der Waals surface area (Å²) >= 11 is 0. The molecule has 2 heterocycles. The highest BCUT2D eigenvalue weighted by Gasteiger charge is 2.57. The van der Waals surface area contributed by atoms with Crippen molar-refractivity contribution in [3.8, 4) is 5.75 Å². The number of carbonyl (C=O) groups is 2. The first-order valence-electron chi connectivity index (χ1n) is 20.6. The lowest BCUT2D eigenvalue weighted by molar-refractivity contribution is -0.143. The maximum Gasteiger partial charge on any atom is 0.261 e. The van der Waals surface area contributed by atoms with Gasteiger partial charge in [0.2, 0.25) is 11.8 Å². The van der Waals surface area contributed by atoms with Gasteiger partial charge in [0, 0.05) is 23.7 Å². The third kappa shape index (κ3) is 8.08. The molecule has 1 saturated heterocycles. The molecule has 8 nitrogen and oxygen atoms in total. The number of aliphatic hydroxyl groups is 2. The Bertz CT molecular complexity index is 2030. The maximum atomic E-state index is 14.4. The number of pyridine rings is 1. The molecule has 2 amide bonds. The van der Waals surface area contributed by atoms with E-state index in [1.807, 2.05) is 72.8 Å². The van der Waals surface area contributed by atoms with Crippen LogP contribution in [0.2, 0.25) is 5.04 Å². The second-order valence-electron chi connectivity index (χ2n) is 17.0. The number of allylic oxidation sites excluding steroid dienone is 1. The van der Waals surface area contributed by atoms with Crippen molar-refractivity contribution in [2.24, 2.45) is 17.8 Å². The monoisotopic (exact) mass is 784 g/mol. The zero-order chi connectivity index (χ0) is 40.2. The van der Waals surface area contributed by atoms with E-state index in [4.69, 9.17) is 4.43 Å². The number of phenolic OH excluding ortho intramolecular Hbond substituents is 1. The lowest BCUT2D eigenvalue weighted by Crippen LogP contribution is -2.66. The van der Waals surface area contributed by atoms with Gasteiger partial charge in [-0.25, -0.2) is 0 Å². The second-order valence-corrected chi connectivity index (χ2v) is 21.3. The molecule has 0 spiro atoms. The summed E-state index contributed by atoms with van der Waals surface area (Å²) in [6.45, 7) is 6.41. The van der Waals surface area contributed by atoms with Gasteiger partial charge in [-0.3, -0.25) is 19.5 Å². The number of rotatable bonds is 13. The van der Waals surface area contributed by atoms with Gasteiger partial charge in [0.05, 0.1) is 36.8 Å². The van der Waals surface area contributed by atoms with Crippen molar-refractivity contribution in [2.45, 2.75) is 89.3 Å². The predicted octanol–water partition coefficient (Wildman–Crippen LogP) is 7.29. The Labute approximate surface area is 338 Å². The van der Waals surface area contributed by atoms with Gasteiger partial charge >= 0.3 is 0 Å². The molecule has 0 bridgehead atoms. The Morgan fingerprint density at radius 1 is 0.877 bits per heavy atom. The topological polar surface area (TPSA) is 120 Å². The van der Waals surface area contributed by atoms with Crippen molar-refractivity contribution in [3.05, 3.63) is 132 Å². The van der Waals surface area contributed by atoms with Gasteiger partial charge in [-0.2, -0.15) is 0 Å². The second kappa shape index (κ2) is 17.4. The number of carbonyl (C=O) groups excluding carboxylic acids is 2. The maximum absolute atomic E-state index is 14.4. The third-order valence-electron chi connectivity index (χ3n) is 12.5. The van der Waals surface area contributed by atoms with Crippen LogP contribution in [0, 0.1) is 17.8 Å². The molecule has 57 heavy (non-hydrogen) atoms. The molecule has 2 aliphatic carbocycles. The van der Waals surface area contributed by atoms with Crippen LogP contribution in [0.4, 0.5) is 0 Å². The first kappa shape index (κ1) is 40.5. The van der Waals surface area contributed by atoms with Crippen molar-refractivity contribution < 1.29 is 29.3 Å². The molecule has 1 aliphatic heterocycles. The molecule has 0 radical (unpaired) electrons. The highest BCUT2D eigenvalue weighted by atomic mass is 28.4. The molecule has 4 aromatic rings. The van der Waals surface area contributed by atoms with E-state index in [2.05, 4.69) is 50.0 Å². The fourth-order valence-electron chi connectivity index (χ4n) is 9.84. The Balaban J connectivity index is 1.30. The summed E-state index contributed by atoms with van der Waals surface area (Å²) in [6, 6.07) is 33.4. The first-order chi connectivity index (χ1) is 27.5. The van der Waals surface area contributed by atoms with Crippen LogP contribution in [0.25, 0.3) is 11.6 Å². The zero-order valence-electron chi connectivity index (χ0n) is 33.4. The minimum absolute atomic E-state index is 0.130. The number of nitrogens with zero attached hydrogens (tertiary/aromatic N) is 2. The Hall–Kier alpha value is -4.67. The number of imide groups is 1. The number of aliphatic hydroxyl groups excluding tert-OH is 2. The van der Waals surface area contributed by atoms with Crippen LogP contribution in [0.5, 0.6) is 5.75 Å². The number of aromatic hydroxyl groups is 1. The molecule has 9 heteroatoms. The van der Waals surface area contributed by atoms with E-state index in [0.717, 1.165) is 59.3 Å². The number of benzene rings is 3. The van der Waals surface area contributed by atoms with Crippen LogP contribution >= 0.6 is 0 Å². The number of fused-ring (bicyclic) bond motifs is 1. The molecule has 1 aromatic heterocycles. The summed E-state index contributed by atoms with van der Waals surface area (Å²) in [7, 11) is -3.05. The van der Waals surface area contributed by atoms with E-state index >= 15 is 0 Å². The van der Waals surface area contributed by atoms with Crippen molar-refractivity contribution in [2.75, 3.05) is 13.2 Å². The largest absolute Gasteiger partial charge is 0.507 e. The van der Waals surface area contributed by atoms with Gasteiger partial charge in [0.25, 0.3) is 8.32 Å². The summed E-state index contributed by atoms with van der Waals surface area (Å²) < 4.78 is 7.45. The van der Waals surface area contributed by atoms with Gasteiger partial charge in [-0.05, 0) is 88.5 Å². The Morgan fingerprint density at radius 3 is 2.11 bits per heavy atom. The molecule has 4 atom stereocenters. The smallest absolute Gasteiger partial charge is 0.261 e. The normalized spacial score (nSPS) is 21.5. The molecular weight excluding hydrogens is 729 g/mol. The zero-order valence-corrected chi connectivity index (χ0v) is 34.4. The van der Waals surface area contributed by atoms with Gasteiger partial charge in [0.1, 0.15) is 5.75 Å². The average Bonchev–Trinajstić information content (AvgIpc) is 3.48. The van der Waals surface area contributed by atoms with Crippen LogP contribution in [0.1, 0.15) is 83.4 Å². The summed E-state index contributed by atoms with van der Waals surface area (Å²) in [6.07, 6.45) is 8.15. The summed E-state index contributed by atoms with van der Waals surface area (Å²) in [4.78, 5) is 34.9. The van der Waals surface area contributed by atoms with Crippen LogP contribution in [0.3, 0.4) is 0 Å². The fraction of sp³-hybridized carbons (Fsp3) is 0.396. The quantitative estimate of drug-likeness (QED) is 0.0741. The average molecular weight is 785 g/mol. The summed E-state index contributed by atoms with van der Waals surface area (Å²) in [5.41, 5.74) is 3.57. The Morgan fingerprint density at radius 2 is 1.51 bits per heavy atom. The fourth-order valence-corrected chi connectivity index (χ4v) is 14.4. The van der Waals surface area contributed by atoms with Gasteiger partial charge < -0.3 is 19.7 Å². The van der Waals surface area contributed by atoms with E-state index in [0.29, 0.717) is 17.6 Å². The molecule has 0 unspecified atom stereocenters. The number of hydrogen-bond acceptors (Lipinski definition) is 7. The number of phenols is 1. The number of amides is 2. The van der Waals surface area contributed by atoms with Crippen LogP contribution in [-0.2, 0) is 14.0 Å². The SMILES string of the molecule is CC(C)(C)[Si](OCC1=C([C@H](O)CC/C(=C/c2ccccc2O)c2ccccn2)[C@H](CO)[C@@H]2C(=O)N(C3CCCCC3)C(=O)[C@@H]2C1)(c1ccccc1)c1ccccc1. The van der Waals surface area contributed by atoms with Crippen molar-refractivity contribution in [1.82, 2.24) is 9.88 Å². The first-order valence-corrected chi connectivity index (χ1v) is 22.5. The van der Waals surface area contributed by atoms with Crippen molar-refractivity contribution >= 4 is 42.2 Å². The molecule has 7 rings (SSSR count). The minimum atomic E-state index is -3.05. The van der Waals surface area contributed by atoms with E-state index in [1.165, 1.54) is 4.90 Å². The van der Waals surface area contributed by atoms with Crippen LogP contribution < -0.4 is 10.4 Å². The molecule has 3 aromatic carbocycles. The predicted molar refractivity (Wildman–Crippen MR) is 227 cm³/mol. The molecule has 1 saturated carbocycles. The molecule has 3 aliphatic rings. The number of aromatic nitrogens is 1. The van der Waals surface area contributed by atoms with Crippen molar-refractivity contribution in [1.29, 1.82) is 0 Å². The van der Waals surface area contributed by atoms with E-state index in [1.54, 1.807) is 18.3 Å². The van der Waals surface area contributed by atoms with E-state index < -0.39 is 32.2 Å². The summed E-state index contributed by atoms with van der Waals surface area (Å²) in [5, 5.41) is 36.3. The lowest BCUT2D eigenvalue weighted by Gasteiger charge is -2.44.